The summed E-state index contributed by atoms with van der Waals surface area (Å²) < 4.78 is 39.0. The van der Waals surface area contributed by atoms with Crippen LogP contribution in [0, 0.1) is 23.7 Å². The van der Waals surface area contributed by atoms with Crippen LogP contribution >= 0.6 is 0 Å². The van der Waals surface area contributed by atoms with Gasteiger partial charge < -0.3 is 48.6 Å². The molecule has 0 aliphatic carbocycles. The Bertz CT molecular complexity index is 1820. The first kappa shape index (κ1) is 43.9. The number of amides is 1. The number of esters is 1. The molecular formula is C44H63N3O11. The molecule has 0 unspecified atom stereocenters. The second kappa shape index (κ2) is 17.9. The molecule has 0 aromatic heterocycles. The molecule has 0 spiro atoms. The van der Waals surface area contributed by atoms with Crippen LogP contribution in [0.2, 0.25) is 0 Å². The van der Waals surface area contributed by atoms with Gasteiger partial charge in [-0.1, -0.05) is 63.2 Å². The first-order chi connectivity index (χ1) is 27.4. The van der Waals surface area contributed by atoms with Crippen molar-refractivity contribution in [3.8, 4) is 5.75 Å². The first-order valence-electron chi connectivity index (χ1n) is 20.8. The van der Waals surface area contributed by atoms with Crippen molar-refractivity contribution in [2.45, 2.75) is 141 Å². The fraction of sp³-hybridized carbons (Fsp3) is 0.682. The van der Waals surface area contributed by atoms with Crippen LogP contribution in [-0.4, -0.2) is 121 Å². The summed E-state index contributed by atoms with van der Waals surface area (Å²) >= 11 is 0. The van der Waals surface area contributed by atoms with E-state index in [0.29, 0.717) is 30.7 Å². The molecule has 4 aliphatic rings. The molecule has 4 aliphatic heterocycles. The van der Waals surface area contributed by atoms with E-state index in [4.69, 9.17) is 33.3 Å². The van der Waals surface area contributed by atoms with E-state index in [1.807, 2.05) is 96.1 Å². The number of rotatable bonds is 6. The number of aliphatic hydroxyl groups excluding tert-OH is 1. The van der Waals surface area contributed by atoms with Crippen LogP contribution < -0.4 is 10.2 Å². The number of ketones is 1. The molecule has 14 nitrogen and oxygen atoms in total. The van der Waals surface area contributed by atoms with Crippen molar-refractivity contribution in [3.05, 3.63) is 42.5 Å². The number of carbonyl (C=O) groups is 3. The summed E-state index contributed by atoms with van der Waals surface area (Å²) in [5, 5.41) is 21.1. The monoisotopic (exact) mass is 809 g/mol. The lowest BCUT2D eigenvalue weighted by Gasteiger charge is -2.49. The van der Waals surface area contributed by atoms with Gasteiger partial charge in [0, 0.05) is 30.2 Å². The summed E-state index contributed by atoms with van der Waals surface area (Å²) in [5.41, 5.74) is -1.98. The molecule has 2 bridgehead atoms. The smallest absolute Gasteiger partial charge is 0.408 e. The predicted octanol–water partition coefficient (Wildman–Crippen LogP) is 5.66. The van der Waals surface area contributed by atoms with Crippen LogP contribution in [0.25, 0.3) is 10.8 Å². The lowest BCUT2D eigenvalue weighted by Crippen LogP contribution is -2.61. The molecule has 58 heavy (non-hydrogen) atoms. The number of aliphatic hydroxyl groups is 1. The van der Waals surface area contributed by atoms with Crippen LogP contribution in [0.1, 0.15) is 81.1 Å². The van der Waals surface area contributed by atoms with Gasteiger partial charge in [0.25, 0.3) is 0 Å². The van der Waals surface area contributed by atoms with E-state index in [2.05, 4.69) is 10.5 Å². The molecule has 4 heterocycles. The van der Waals surface area contributed by atoms with Gasteiger partial charge in [0.05, 0.1) is 54.8 Å². The van der Waals surface area contributed by atoms with Crippen LogP contribution in [0.5, 0.6) is 5.75 Å². The van der Waals surface area contributed by atoms with Gasteiger partial charge in [-0.3, -0.25) is 9.59 Å². The van der Waals surface area contributed by atoms with Crippen LogP contribution in [0.15, 0.2) is 47.6 Å². The minimum absolute atomic E-state index is 0.000224. The highest BCUT2D eigenvalue weighted by molar-refractivity contribution is 5.87. The Morgan fingerprint density at radius 1 is 1.00 bits per heavy atom. The summed E-state index contributed by atoms with van der Waals surface area (Å²) in [5.74, 6) is -2.94. The fourth-order valence-electron chi connectivity index (χ4n) is 9.64. The zero-order valence-corrected chi connectivity index (χ0v) is 35.6. The van der Waals surface area contributed by atoms with Gasteiger partial charge in [-0.2, -0.15) is 0 Å². The third-order valence-corrected chi connectivity index (χ3v) is 12.9. The lowest BCUT2D eigenvalue weighted by atomic mass is 9.73. The molecule has 2 N–H and O–H groups in total. The summed E-state index contributed by atoms with van der Waals surface area (Å²) in [6, 6.07) is 12.7. The number of likely N-dealkylation sites (N-methyl/N-ethyl adjacent to an activating group) is 1. The molecular weight excluding hydrogens is 746 g/mol. The number of nitrogens with zero attached hydrogens (tertiary/aromatic N) is 2. The number of hydrogen-bond acceptors (Lipinski definition) is 13. The molecule has 2 aromatic carbocycles. The average molecular weight is 810 g/mol. The van der Waals surface area contributed by atoms with Gasteiger partial charge in [-0.25, -0.2) is 4.79 Å². The zero-order chi connectivity index (χ0) is 42.1. The SMILES string of the molecule is CC[C@H]1OC(=O)[C@H](C)[C@H]2OC/C(=N\Oc3ccc4ccccc4c3)CCO[C@](C)(C[C@@H](C)C(=O)[C@H](C)[C@H]3NC(=O)O[C@@]31C)[C@H](O[C@@H]1O[C@H](C)C[C@H](N(C)C)[C@H]1O)[C@H]2C. The second-order valence-corrected chi connectivity index (χ2v) is 17.5. The normalized spacial score (nSPS) is 40.1. The molecule has 0 radical (unpaired) electrons. The Kier molecular flexibility index (Phi) is 13.6. The average Bonchev–Trinajstić information content (AvgIpc) is 3.50. The van der Waals surface area contributed by atoms with Crippen molar-refractivity contribution < 1.29 is 52.7 Å². The molecule has 4 saturated heterocycles. The van der Waals surface area contributed by atoms with Gasteiger partial charge >= 0.3 is 12.1 Å². The molecule has 14 atom stereocenters. The van der Waals surface area contributed by atoms with E-state index < -0.39 is 83.7 Å². The summed E-state index contributed by atoms with van der Waals surface area (Å²) in [6.45, 7) is 14.9. The summed E-state index contributed by atoms with van der Waals surface area (Å²) in [4.78, 5) is 49.7. The quantitative estimate of drug-likeness (QED) is 0.273. The fourth-order valence-corrected chi connectivity index (χ4v) is 9.64. The van der Waals surface area contributed by atoms with E-state index in [9.17, 15) is 19.5 Å². The van der Waals surface area contributed by atoms with Crippen LogP contribution in [0.3, 0.4) is 0 Å². The largest absolute Gasteiger partial charge is 0.458 e. The van der Waals surface area contributed by atoms with Crippen LogP contribution in [-0.2, 0) is 38.0 Å². The van der Waals surface area contributed by atoms with Crippen molar-refractivity contribution in [1.29, 1.82) is 0 Å². The maximum Gasteiger partial charge on any atom is 0.408 e. The van der Waals surface area contributed by atoms with Gasteiger partial charge in [-0.05, 0) is 84.0 Å². The standard InChI is InChI=1S/C44H63N3O11/c1-11-34-44(8)38(45-42(51)57-44)26(4)35(48)24(2)22-43(7)39(56-41-36(49)33(47(9)10)20-25(3)54-41)27(5)37(28(6)40(50)55-34)52-23-31(18-19-53-43)46-58-32-17-16-29-14-12-13-15-30(29)21-32/h12-17,21,24-28,33-34,36-39,41,49H,11,18-20,22-23H2,1-10H3,(H,45,51)/b46-31-/t24-,25-,26+,27+,28-,33+,34-,36-,37+,38-,39-,41+,43-,44-/m1/s1. The number of carbonyl (C=O) groups excluding carboxylic acids is 3. The third-order valence-electron chi connectivity index (χ3n) is 12.9. The highest BCUT2D eigenvalue weighted by atomic mass is 16.7. The summed E-state index contributed by atoms with van der Waals surface area (Å²) in [6.07, 6.45) is -4.14. The molecule has 6 rings (SSSR count). The van der Waals surface area contributed by atoms with Gasteiger partial charge in [0.2, 0.25) is 0 Å². The van der Waals surface area contributed by atoms with Crippen molar-refractivity contribution >= 4 is 34.3 Å². The first-order valence-corrected chi connectivity index (χ1v) is 20.8. The number of ether oxygens (including phenoxy) is 6. The van der Waals surface area contributed by atoms with Gasteiger partial charge in [-0.15, -0.1) is 0 Å². The van der Waals surface area contributed by atoms with E-state index in [0.717, 1.165) is 10.8 Å². The zero-order valence-electron chi connectivity index (χ0n) is 35.6. The molecule has 14 heteroatoms. The minimum Gasteiger partial charge on any atom is -0.458 e. The topological polar surface area (TPSA) is 164 Å². The molecule has 320 valence electrons. The Morgan fingerprint density at radius 3 is 2.43 bits per heavy atom. The maximum absolute atomic E-state index is 14.5. The number of benzene rings is 2. The Hall–Kier alpha value is -3.66. The number of fused-ring (bicyclic) bond motifs is 5. The Morgan fingerprint density at radius 2 is 1.72 bits per heavy atom. The van der Waals surface area contributed by atoms with Gasteiger partial charge in [0.1, 0.15) is 18.0 Å². The third kappa shape index (κ3) is 9.07. The van der Waals surface area contributed by atoms with Crippen molar-refractivity contribution in [3.63, 3.8) is 0 Å². The van der Waals surface area contributed by atoms with E-state index in [1.54, 1.807) is 20.8 Å². The predicted molar refractivity (Wildman–Crippen MR) is 216 cm³/mol. The van der Waals surface area contributed by atoms with Crippen molar-refractivity contribution in [2.24, 2.45) is 28.8 Å². The Balaban J connectivity index is 1.42. The highest BCUT2D eigenvalue weighted by Crippen LogP contribution is 2.42. The second-order valence-electron chi connectivity index (χ2n) is 17.5. The number of oxime groups is 1. The Labute approximate surface area is 342 Å². The number of nitrogens with one attached hydrogen (secondary N) is 1. The number of alkyl carbamates (subject to hydrolysis) is 1. The molecule has 4 fully saturated rings. The van der Waals surface area contributed by atoms with E-state index in [-0.39, 0.29) is 37.6 Å². The van der Waals surface area contributed by atoms with Crippen molar-refractivity contribution in [1.82, 2.24) is 10.2 Å². The van der Waals surface area contributed by atoms with Crippen LogP contribution in [0.4, 0.5) is 4.79 Å². The van der Waals surface area contributed by atoms with Crippen molar-refractivity contribution in [2.75, 3.05) is 27.3 Å². The highest BCUT2D eigenvalue weighted by Gasteiger charge is 2.57. The van der Waals surface area contributed by atoms with E-state index in [1.165, 1.54) is 0 Å². The van der Waals surface area contributed by atoms with E-state index >= 15 is 0 Å². The number of cyclic esters (lactones) is 1. The summed E-state index contributed by atoms with van der Waals surface area (Å²) in [7, 11) is 3.82. The maximum atomic E-state index is 14.5. The minimum atomic E-state index is -1.33. The lowest BCUT2D eigenvalue weighted by molar-refractivity contribution is -0.304. The number of hydrogen-bond donors (Lipinski definition) is 2. The van der Waals surface area contributed by atoms with Gasteiger partial charge in [0.15, 0.2) is 17.6 Å². The molecule has 0 saturated carbocycles. The molecule has 1 amide bonds. The number of Topliss-reactive ketones (excluding diaryl/α,β-unsaturated/α-hetero) is 1. The molecule has 2 aromatic rings.